The maximum absolute atomic E-state index is 14.3. The smallest absolute Gasteiger partial charge is 0.410 e. The highest BCUT2D eigenvalue weighted by Gasteiger charge is 2.34. The zero-order valence-electron chi connectivity index (χ0n) is 21.8. The lowest BCUT2D eigenvalue weighted by atomic mass is 9.94. The number of benzene rings is 1. The van der Waals surface area contributed by atoms with Crippen LogP contribution in [-0.2, 0) is 16.1 Å². The monoisotopic (exact) mass is 543 g/mol. The Morgan fingerprint density at radius 1 is 1.18 bits per heavy atom. The first-order valence-electron chi connectivity index (χ1n) is 12.9. The molecule has 1 amide bonds. The normalized spacial score (nSPS) is 20.2. The number of anilines is 1. The molecule has 11 nitrogen and oxygen atoms in total. The molecule has 39 heavy (non-hydrogen) atoms. The first kappa shape index (κ1) is 26.9. The van der Waals surface area contributed by atoms with Crippen molar-refractivity contribution in [2.45, 2.75) is 57.5 Å². The fourth-order valence-corrected chi connectivity index (χ4v) is 4.82. The molecule has 0 bridgehead atoms. The Morgan fingerprint density at radius 2 is 1.92 bits per heavy atom. The van der Waals surface area contributed by atoms with Crippen LogP contribution >= 0.6 is 0 Å². The van der Waals surface area contributed by atoms with Crippen LogP contribution in [0.25, 0.3) is 11.4 Å². The SMILES string of the molecule is CC(C)OC(=O)N1CCC(OCc2nc(-c3cnc(N4CC(N)C(c5cc(F)ccc5F)C4)nc3)no2)CC1. The molecule has 2 N–H and O–H groups in total. The lowest BCUT2D eigenvalue weighted by Gasteiger charge is -2.31. The van der Waals surface area contributed by atoms with Gasteiger partial charge in [0, 0.05) is 50.5 Å². The molecule has 0 aliphatic carbocycles. The molecular formula is C26H31F2N7O4. The van der Waals surface area contributed by atoms with Crippen LogP contribution in [0.4, 0.5) is 19.5 Å². The molecule has 0 saturated carbocycles. The van der Waals surface area contributed by atoms with Crippen LogP contribution in [-0.4, -0.2) is 75.5 Å². The standard InChI is InChI=1S/C26H31F2N7O4/c1-15(2)38-26(36)34-7-5-18(6-8-34)37-14-23-32-24(33-39-23)16-10-30-25(31-11-16)35-12-20(22(29)13-35)19-9-17(27)3-4-21(19)28/h3-4,9-11,15,18,20,22H,5-8,12-14,29H2,1-2H3. The van der Waals surface area contributed by atoms with Gasteiger partial charge < -0.3 is 29.5 Å². The molecule has 2 aromatic heterocycles. The van der Waals surface area contributed by atoms with Gasteiger partial charge in [-0.15, -0.1) is 0 Å². The number of rotatable bonds is 7. The summed E-state index contributed by atoms with van der Waals surface area (Å²) in [6, 6.07) is 3.00. The van der Waals surface area contributed by atoms with E-state index in [4.69, 9.17) is 19.7 Å². The molecule has 208 valence electrons. The van der Waals surface area contributed by atoms with Crippen molar-refractivity contribution in [2.75, 3.05) is 31.1 Å². The minimum Gasteiger partial charge on any atom is -0.447 e. The highest BCUT2D eigenvalue weighted by atomic mass is 19.1. The third-order valence-corrected chi connectivity index (χ3v) is 6.85. The van der Waals surface area contributed by atoms with Crippen LogP contribution in [0.5, 0.6) is 0 Å². The van der Waals surface area contributed by atoms with Crippen molar-refractivity contribution in [3.8, 4) is 11.4 Å². The number of likely N-dealkylation sites (tertiary alicyclic amines) is 1. The number of carbonyl (C=O) groups excluding carboxylic acids is 1. The third-order valence-electron chi connectivity index (χ3n) is 6.85. The highest BCUT2D eigenvalue weighted by Crippen LogP contribution is 2.31. The summed E-state index contributed by atoms with van der Waals surface area (Å²) in [6.07, 6.45) is 4.06. The number of piperidine rings is 1. The van der Waals surface area contributed by atoms with Gasteiger partial charge in [-0.1, -0.05) is 5.16 Å². The molecule has 2 saturated heterocycles. The van der Waals surface area contributed by atoms with Gasteiger partial charge in [0.2, 0.25) is 11.8 Å². The van der Waals surface area contributed by atoms with E-state index in [0.29, 0.717) is 62.2 Å². The lowest BCUT2D eigenvalue weighted by molar-refractivity contribution is -0.0147. The Morgan fingerprint density at radius 3 is 2.64 bits per heavy atom. The summed E-state index contributed by atoms with van der Waals surface area (Å²) < 4.78 is 44.4. The van der Waals surface area contributed by atoms with Gasteiger partial charge in [-0.05, 0) is 50.5 Å². The van der Waals surface area contributed by atoms with E-state index < -0.39 is 17.7 Å². The third kappa shape index (κ3) is 6.31. The molecule has 3 aromatic rings. The van der Waals surface area contributed by atoms with Crippen molar-refractivity contribution < 1.29 is 27.6 Å². The molecule has 2 fully saturated rings. The Labute approximate surface area is 224 Å². The van der Waals surface area contributed by atoms with E-state index in [-0.39, 0.29) is 36.4 Å². The Kier molecular flexibility index (Phi) is 7.98. The molecule has 2 aliphatic heterocycles. The summed E-state index contributed by atoms with van der Waals surface area (Å²) in [6.45, 7) is 5.69. The van der Waals surface area contributed by atoms with Gasteiger partial charge in [0.25, 0.3) is 5.89 Å². The zero-order valence-corrected chi connectivity index (χ0v) is 21.8. The molecule has 0 spiro atoms. The van der Waals surface area contributed by atoms with E-state index in [9.17, 15) is 13.6 Å². The van der Waals surface area contributed by atoms with Crippen LogP contribution < -0.4 is 10.6 Å². The average molecular weight is 544 g/mol. The van der Waals surface area contributed by atoms with Crippen molar-refractivity contribution in [3.05, 3.63) is 53.7 Å². The minimum atomic E-state index is -0.503. The van der Waals surface area contributed by atoms with E-state index in [1.165, 1.54) is 6.07 Å². The van der Waals surface area contributed by atoms with Crippen LogP contribution in [0.15, 0.2) is 35.1 Å². The number of hydrogen-bond acceptors (Lipinski definition) is 10. The summed E-state index contributed by atoms with van der Waals surface area (Å²) >= 11 is 0. The van der Waals surface area contributed by atoms with Crippen molar-refractivity contribution in [2.24, 2.45) is 5.73 Å². The summed E-state index contributed by atoms with van der Waals surface area (Å²) in [5.41, 5.74) is 7.06. The number of ether oxygens (including phenoxy) is 2. The molecule has 5 rings (SSSR count). The first-order valence-corrected chi connectivity index (χ1v) is 12.9. The number of halogens is 2. The molecule has 2 aliphatic rings. The van der Waals surface area contributed by atoms with Crippen molar-refractivity contribution >= 4 is 12.0 Å². The predicted octanol–water partition coefficient (Wildman–Crippen LogP) is 3.26. The zero-order chi connectivity index (χ0) is 27.5. The largest absolute Gasteiger partial charge is 0.447 e. The second-order valence-corrected chi connectivity index (χ2v) is 10.1. The fourth-order valence-electron chi connectivity index (χ4n) is 4.82. The molecule has 13 heteroatoms. The number of hydrogen-bond donors (Lipinski definition) is 1. The van der Waals surface area contributed by atoms with Crippen molar-refractivity contribution in [3.63, 3.8) is 0 Å². The Bertz CT molecular complexity index is 1280. The molecule has 1 aromatic carbocycles. The van der Waals surface area contributed by atoms with Crippen LogP contribution in [0.3, 0.4) is 0 Å². The van der Waals surface area contributed by atoms with E-state index >= 15 is 0 Å². The van der Waals surface area contributed by atoms with E-state index in [0.717, 1.165) is 12.1 Å². The van der Waals surface area contributed by atoms with Gasteiger partial charge in [-0.25, -0.2) is 23.5 Å². The summed E-state index contributed by atoms with van der Waals surface area (Å²) in [5, 5.41) is 4.00. The Balaban J connectivity index is 1.13. The van der Waals surface area contributed by atoms with E-state index in [2.05, 4.69) is 20.1 Å². The lowest BCUT2D eigenvalue weighted by Crippen LogP contribution is -2.41. The van der Waals surface area contributed by atoms with E-state index in [1.807, 2.05) is 18.7 Å². The first-order chi connectivity index (χ1) is 18.8. The minimum absolute atomic E-state index is 0.0254. The molecule has 0 radical (unpaired) electrons. The Hall–Kier alpha value is -3.71. The van der Waals surface area contributed by atoms with Gasteiger partial charge in [-0.2, -0.15) is 4.98 Å². The van der Waals surface area contributed by atoms with E-state index in [1.54, 1.807) is 17.3 Å². The quantitative estimate of drug-likeness (QED) is 0.473. The maximum Gasteiger partial charge on any atom is 0.410 e. The fraction of sp³-hybridized carbons (Fsp3) is 0.500. The van der Waals surface area contributed by atoms with Crippen LogP contribution in [0.2, 0.25) is 0 Å². The molecule has 2 unspecified atom stereocenters. The van der Waals surface area contributed by atoms with Crippen LogP contribution in [0.1, 0.15) is 44.1 Å². The van der Waals surface area contributed by atoms with Crippen LogP contribution in [0, 0.1) is 11.6 Å². The second kappa shape index (κ2) is 11.6. The summed E-state index contributed by atoms with van der Waals surface area (Å²) in [4.78, 5) is 28.7. The number of aromatic nitrogens is 4. The predicted molar refractivity (Wildman–Crippen MR) is 136 cm³/mol. The topological polar surface area (TPSA) is 133 Å². The number of carbonyl (C=O) groups is 1. The van der Waals surface area contributed by atoms with Gasteiger partial charge >= 0.3 is 6.09 Å². The summed E-state index contributed by atoms with van der Waals surface area (Å²) in [5.74, 6) is -0.306. The number of nitrogens with two attached hydrogens (primary N) is 1. The van der Waals surface area contributed by atoms with Gasteiger partial charge in [0.05, 0.1) is 17.8 Å². The van der Waals surface area contributed by atoms with Gasteiger partial charge in [-0.3, -0.25) is 0 Å². The van der Waals surface area contributed by atoms with Gasteiger partial charge in [0.1, 0.15) is 18.2 Å². The molecule has 2 atom stereocenters. The average Bonchev–Trinajstić information content (AvgIpc) is 3.56. The maximum atomic E-state index is 14.3. The van der Waals surface area contributed by atoms with Crippen molar-refractivity contribution in [1.29, 1.82) is 0 Å². The highest BCUT2D eigenvalue weighted by molar-refractivity contribution is 5.67. The molecule has 4 heterocycles. The number of nitrogens with zero attached hydrogens (tertiary/aromatic N) is 6. The second-order valence-electron chi connectivity index (χ2n) is 10.1. The van der Waals surface area contributed by atoms with Crippen molar-refractivity contribution in [1.82, 2.24) is 25.0 Å². The molecular weight excluding hydrogens is 512 g/mol. The number of amides is 1. The summed E-state index contributed by atoms with van der Waals surface area (Å²) in [7, 11) is 0. The van der Waals surface area contributed by atoms with Gasteiger partial charge in [0.15, 0.2) is 0 Å².